The molecule has 12 heteroatoms. The zero-order chi connectivity index (χ0) is 18.4. The van der Waals surface area contributed by atoms with Crippen LogP contribution >= 0.6 is 24.8 Å². The van der Waals surface area contributed by atoms with Crippen LogP contribution in [0.15, 0.2) is 30.7 Å². The van der Waals surface area contributed by atoms with Crippen LogP contribution in [0.2, 0.25) is 0 Å². The molecule has 2 N–H and O–H groups in total. The van der Waals surface area contributed by atoms with Crippen molar-refractivity contribution in [2.45, 2.75) is 18.8 Å². The fraction of sp³-hybridized carbons (Fsp3) is 0.400. The van der Waals surface area contributed by atoms with Crippen molar-refractivity contribution in [3.05, 3.63) is 41.9 Å². The first-order valence-corrected chi connectivity index (χ1v) is 7.36. The summed E-state index contributed by atoms with van der Waals surface area (Å²) < 4.78 is 42.7. The highest BCUT2D eigenvalue weighted by atomic mass is 35.5. The Balaban J connectivity index is 0.00000338. The van der Waals surface area contributed by atoms with Gasteiger partial charge in [0.25, 0.3) is 0 Å². The number of aryl methyl sites for hydroxylation is 1. The highest BCUT2D eigenvalue weighted by molar-refractivity contribution is 5.85. The van der Waals surface area contributed by atoms with Crippen molar-refractivity contribution in [3.63, 3.8) is 0 Å². The third-order valence-electron chi connectivity index (χ3n) is 3.26. The van der Waals surface area contributed by atoms with Crippen LogP contribution in [0.25, 0.3) is 0 Å². The quantitative estimate of drug-likeness (QED) is 0.704. The Morgan fingerprint density at radius 3 is 2.63 bits per heavy atom. The van der Waals surface area contributed by atoms with Crippen LogP contribution in [0.1, 0.15) is 17.2 Å². The van der Waals surface area contributed by atoms with E-state index in [2.05, 4.69) is 25.5 Å². The number of alkyl halides is 3. The molecule has 0 saturated heterocycles. The van der Waals surface area contributed by atoms with E-state index in [1.807, 2.05) is 0 Å². The number of likely N-dealkylation sites (N-methyl/N-ethyl adjacent to an activating group) is 1. The summed E-state index contributed by atoms with van der Waals surface area (Å²) in [5.74, 6) is -0.438. The molecule has 1 amide bonds. The predicted octanol–water partition coefficient (Wildman–Crippen LogP) is 2.18. The molecule has 2 rings (SSSR count). The fourth-order valence-corrected chi connectivity index (χ4v) is 2.12. The molecule has 0 bridgehead atoms. The second-order valence-electron chi connectivity index (χ2n) is 5.29. The molecule has 0 aromatic carbocycles. The first kappa shape index (κ1) is 25.0. The van der Waals surface area contributed by atoms with E-state index in [-0.39, 0.29) is 43.1 Å². The largest absolute Gasteiger partial charge is 0.468 e. The van der Waals surface area contributed by atoms with Gasteiger partial charge in [-0.3, -0.25) is 9.48 Å². The monoisotopic (exact) mass is 429 g/mol. The molecule has 0 aliphatic carbocycles. The van der Waals surface area contributed by atoms with Crippen molar-refractivity contribution in [3.8, 4) is 5.88 Å². The molecule has 1 atom stereocenters. The number of ether oxygens (including phenoxy) is 1. The zero-order valence-corrected chi connectivity index (χ0v) is 16.1. The van der Waals surface area contributed by atoms with Crippen molar-refractivity contribution in [1.29, 1.82) is 0 Å². The maximum atomic E-state index is 12.3. The van der Waals surface area contributed by atoms with Gasteiger partial charge in [-0.15, -0.1) is 24.8 Å². The van der Waals surface area contributed by atoms with Gasteiger partial charge in [0.05, 0.1) is 6.20 Å². The van der Waals surface area contributed by atoms with Gasteiger partial charge in [0.15, 0.2) is 6.61 Å². The minimum absolute atomic E-state index is 0. The Hall–Kier alpha value is -2.04. The van der Waals surface area contributed by atoms with Crippen LogP contribution < -0.4 is 15.4 Å². The number of carbonyl (C=O) groups excluding carboxylic acids is 1. The van der Waals surface area contributed by atoms with E-state index in [9.17, 15) is 18.0 Å². The molecule has 0 spiro atoms. The Kier molecular flexibility index (Phi) is 10.1. The molecule has 0 radical (unpaired) electrons. The number of nitrogens with zero attached hydrogens (tertiary/aromatic N) is 3. The number of pyridine rings is 1. The van der Waals surface area contributed by atoms with E-state index >= 15 is 0 Å². The molecule has 2 heterocycles. The summed E-state index contributed by atoms with van der Waals surface area (Å²) in [6, 6.07) is 2.35. The number of rotatable bonds is 7. The van der Waals surface area contributed by atoms with Crippen molar-refractivity contribution >= 4 is 30.7 Å². The van der Waals surface area contributed by atoms with Gasteiger partial charge in [-0.2, -0.15) is 18.3 Å². The number of amides is 1. The van der Waals surface area contributed by atoms with Crippen molar-refractivity contribution in [1.82, 2.24) is 25.4 Å². The summed E-state index contributed by atoms with van der Waals surface area (Å²) in [6.07, 6.45) is 0.187. The van der Waals surface area contributed by atoms with E-state index in [1.54, 1.807) is 37.2 Å². The summed E-state index contributed by atoms with van der Waals surface area (Å²) in [4.78, 5) is 16.0. The lowest BCUT2D eigenvalue weighted by molar-refractivity contribution is -0.154. The Labute approximate surface area is 166 Å². The normalized spacial score (nSPS) is 11.7. The van der Waals surface area contributed by atoms with Crippen molar-refractivity contribution in [2.24, 2.45) is 7.05 Å². The molecule has 152 valence electrons. The molecule has 2 aromatic rings. The number of hydrogen-bond acceptors (Lipinski definition) is 5. The number of aromatic nitrogens is 3. The Morgan fingerprint density at radius 2 is 2.07 bits per heavy atom. The minimum atomic E-state index is -4.43. The highest BCUT2D eigenvalue weighted by Crippen LogP contribution is 2.18. The molecular weight excluding hydrogens is 410 g/mol. The van der Waals surface area contributed by atoms with Gasteiger partial charge in [-0.25, -0.2) is 4.98 Å². The molecule has 2 aromatic heterocycles. The first-order valence-electron chi connectivity index (χ1n) is 7.36. The van der Waals surface area contributed by atoms with E-state index in [4.69, 9.17) is 0 Å². The van der Waals surface area contributed by atoms with Gasteiger partial charge in [-0.05, 0) is 18.7 Å². The fourth-order valence-electron chi connectivity index (χ4n) is 2.12. The molecule has 7 nitrogen and oxygen atoms in total. The summed E-state index contributed by atoms with van der Waals surface area (Å²) in [5, 5.41) is 9.62. The second-order valence-corrected chi connectivity index (χ2v) is 5.29. The lowest BCUT2D eigenvalue weighted by Gasteiger charge is -2.15. The van der Waals surface area contributed by atoms with E-state index in [1.165, 1.54) is 12.3 Å². The van der Waals surface area contributed by atoms with Gasteiger partial charge < -0.3 is 15.4 Å². The number of nitrogens with one attached hydrogen (secondary N) is 2. The van der Waals surface area contributed by atoms with Gasteiger partial charge in [0, 0.05) is 37.6 Å². The molecule has 0 fully saturated rings. The lowest BCUT2D eigenvalue weighted by Crippen LogP contribution is -2.35. The average Bonchev–Trinajstić information content (AvgIpc) is 2.97. The van der Waals surface area contributed by atoms with Crippen LogP contribution in [-0.4, -0.2) is 40.5 Å². The molecule has 0 aliphatic heterocycles. The summed E-state index contributed by atoms with van der Waals surface area (Å²) >= 11 is 0. The van der Waals surface area contributed by atoms with Crippen LogP contribution in [0.5, 0.6) is 5.88 Å². The van der Waals surface area contributed by atoms with Crippen LogP contribution in [-0.2, 0) is 18.4 Å². The lowest BCUT2D eigenvalue weighted by atomic mass is 10.1. The first-order chi connectivity index (χ1) is 11.8. The minimum Gasteiger partial charge on any atom is -0.468 e. The topological polar surface area (TPSA) is 81.1 Å². The zero-order valence-electron chi connectivity index (χ0n) is 14.5. The molecule has 0 saturated carbocycles. The SMILES string of the molecule is CNC(C(=O)NCc1ccnc(OCC(F)(F)F)c1)c1cnn(C)c1.Cl.Cl. The Bertz CT molecular complexity index is 727. The highest BCUT2D eigenvalue weighted by Gasteiger charge is 2.28. The van der Waals surface area contributed by atoms with E-state index in [0.29, 0.717) is 11.1 Å². The standard InChI is InChI=1S/C15H18F3N5O2.2ClH/c1-19-13(11-7-22-23(2)8-11)14(24)21-6-10-3-4-20-12(5-10)25-9-15(16,17)18;;/h3-5,7-8,13,19H,6,9H2,1-2H3,(H,21,24);2*1H. The third-order valence-corrected chi connectivity index (χ3v) is 3.26. The summed E-state index contributed by atoms with van der Waals surface area (Å²) in [7, 11) is 3.39. The van der Waals surface area contributed by atoms with E-state index < -0.39 is 18.8 Å². The second kappa shape index (κ2) is 11.0. The molecule has 27 heavy (non-hydrogen) atoms. The summed E-state index contributed by atoms with van der Waals surface area (Å²) in [5.41, 5.74) is 1.27. The maximum absolute atomic E-state index is 12.3. The van der Waals surface area contributed by atoms with Gasteiger partial charge >= 0.3 is 6.18 Å². The number of carbonyl (C=O) groups is 1. The van der Waals surface area contributed by atoms with Crippen LogP contribution in [0, 0.1) is 0 Å². The summed E-state index contributed by atoms with van der Waals surface area (Å²) in [6.45, 7) is -1.29. The Morgan fingerprint density at radius 1 is 1.37 bits per heavy atom. The van der Waals surface area contributed by atoms with Crippen LogP contribution in [0.4, 0.5) is 13.2 Å². The van der Waals surface area contributed by atoms with Crippen molar-refractivity contribution < 1.29 is 22.7 Å². The number of hydrogen-bond donors (Lipinski definition) is 2. The van der Waals surface area contributed by atoms with Gasteiger partial charge in [0.2, 0.25) is 11.8 Å². The van der Waals surface area contributed by atoms with Crippen molar-refractivity contribution in [2.75, 3.05) is 13.7 Å². The van der Waals surface area contributed by atoms with Crippen LogP contribution in [0.3, 0.4) is 0 Å². The molecule has 1 unspecified atom stereocenters. The molecular formula is C15H20Cl2F3N5O2. The number of halogens is 5. The third kappa shape index (κ3) is 8.02. The predicted molar refractivity (Wildman–Crippen MR) is 97.1 cm³/mol. The maximum Gasteiger partial charge on any atom is 0.422 e. The average molecular weight is 430 g/mol. The smallest absolute Gasteiger partial charge is 0.422 e. The van der Waals surface area contributed by atoms with Gasteiger partial charge in [-0.1, -0.05) is 0 Å². The van der Waals surface area contributed by atoms with E-state index in [0.717, 1.165) is 0 Å². The van der Waals surface area contributed by atoms with Gasteiger partial charge in [0.1, 0.15) is 6.04 Å². The molecule has 0 aliphatic rings.